The smallest absolute Gasteiger partial charge is 0.320 e. The van der Waals surface area contributed by atoms with Crippen LogP contribution in [0.4, 0.5) is 0 Å². The van der Waals surface area contributed by atoms with Crippen LogP contribution in [-0.4, -0.2) is 42.4 Å². The lowest BCUT2D eigenvalue weighted by atomic mass is 10.0. The molecule has 0 saturated carbocycles. The number of likely N-dealkylation sites (N-methyl/N-ethyl adjacent to an activating group) is 1. The monoisotopic (exact) mass is 526 g/mol. The van der Waals surface area contributed by atoms with Crippen LogP contribution in [0.2, 0.25) is 0 Å². The van der Waals surface area contributed by atoms with E-state index in [0.717, 1.165) is 31.6 Å². The lowest BCUT2D eigenvalue weighted by molar-refractivity contribution is -0.147. The van der Waals surface area contributed by atoms with E-state index in [9.17, 15) is 9.90 Å². The molecule has 0 spiro atoms. The molecule has 1 unspecified atom stereocenters. The number of carbonyl (C=O) groups is 1. The van der Waals surface area contributed by atoms with Crippen molar-refractivity contribution >= 4 is 5.97 Å². The molecule has 0 aliphatic rings. The summed E-state index contributed by atoms with van der Waals surface area (Å²) < 4.78 is 5.39. The van der Waals surface area contributed by atoms with E-state index < -0.39 is 6.23 Å². The first-order valence-electron chi connectivity index (χ1n) is 16.5. The summed E-state index contributed by atoms with van der Waals surface area (Å²) in [4.78, 5) is 13.8. The highest BCUT2D eigenvalue weighted by molar-refractivity contribution is 5.71. The minimum atomic E-state index is -0.549. The van der Waals surface area contributed by atoms with E-state index in [1.165, 1.54) is 128 Å². The van der Waals surface area contributed by atoms with Crippen molar-refractivity contribution in [2.75, 3.05) is 20.2 Å². The number of hydrogen-bond acceptors (Lipinski definition) is 4. The van der Waals surface area contributed by atoms with Gasteiger partial charge in [0.05, 0.1) is 13.2 Å². The Hall–Kier alpha value is -0.610. The fourth-order valence-electron chi connectivity index (χ4n) is 5.00. The highest BCUT2D eigenvalue weighted by Crippen LogP contribution is 2.15. The largest absolute Gasteiger partial charge is 0.465 e. The fourth-order valence-corrected chi connectivity index (χ4v) is 5.00. The number of esters is 1. The van der Waals surface area contributed by atoms with Crippen molar-refractivity contribution in [2.45, 2.75) is 181 Å². The average molecular weight is 526 g/mol. The van der Waals surface area contributed by atoms with Gasteiger partial charge in [0.1, 0.15) is 6.23 Å². The molecule has 37 heavy (non-hydrogen) atoms. The van der Waals surface area contributed by atoms with E-state index in [1.807, 2.05) is 7.05 Å². The molecule has 0 fully saturated rings. The molecule has 4 heteroatoms. The molecule has 0 aliphatic carbocycles. The Labute approximate surface area is 232 Å². The van der Waals surface area contributed by atoms with Crippen LogP contribution >= 0.6 is 0 Å². The van der Waals surface area contributed by atoms with Crippen molar-refractivity contribution in [3.05, 3.63) is 0 Å². The van der Waals surface area contributed by atoms with E-state index in [1.54, 1.807) is 4.90 Å². The SMILES string of the molecule is CCCCCCCCCCCC(O)N(C)CC(=O)OCCCCCCCCCCCCCCCC(C)C. The van der Waals surface area contributed by atoms with Gasteiger partial charge in [-0.25, -0.2) is 0 Å². The van der Waals surface area contributed by atoms with Crippen LogP contribution in [0.15, 0.2) is 0 Å². The van der Waals surface area contributed by atoms with Crippen molar-refractivity contribution in [1.29, 1.82) is 0 Å². The molecule has 0 bridgehead atoms. The number of unbranched alkanes of at least 4 members (excludes halogenated alkanes) is 20. The first kappa shape index (κ1) is 36.4. The van der Waals surface area contributed by atoms with Crippen LogP contribution in [0.5, 0.6) is 0 Å². The number of ether oxygens (including phenoxy) is 1. The average Bonchev–Trinajstić information content (AvgIpc) is 2.87. The van der Waals surface area contributed by atoms with E-state index >= 15 is 0 Å². The summed E-state index contributed by atoms with van der Waals surface area (Å²) in [6, 6.07) is 0. The Bertz CT molecular complexity index is 468. The maximum Gasteiger partial charge on any atom is 0.320 e. The number of nitrogens with zero attached hydrogens (tertiary/aromatic N) is 1. The topological polar surface area (TPSA) is 49.8 Å². The maximum atomic E-state index is 12.1. The van der Waals surface area contributed by atoms with E-state index in [-0.39, 0.29) is 12.5 Å². The van der Waals surface area contributed by atoms with Crippen LogP contribution < -0.4 is 0 Å². The van der Waals surface area contributed by atoms with Crippen LogP contribution in [-0.2, 0) is 9.53 Å². The second-order valence-corrected chi connectivity index (χ2v) is 12.0. The van der Waals surface area contributed by atoms with Crippen molar-refractivity contribution in [3.63, 3.8) is 0 Å². The zero-order valence-corrected chi connectivity index (χ0v) is 25.8. The highest BCUT2D eigenvalue weighted by atomic mass is 16.5. The van der Waals surface area contributed by atoms with Gasteiger partial charge in [-0.05, 0) is 32.2 Å². The van der Waals surface area contributed by atoms with Gasteiger partial charge in [-0.15, -0.1) is 0 Å². The van der Waals surface area contributed by atoms with Crippen molar-refractivity contribution in [1.82, 2.24) is 4.90 Å². The third-order valence-electron chi connectivity index (χ3n) is 7.64. The molecule has 4 nitrogen and oxygen atoms in total. The van der Waals surface area contributed by atoms with Gasteiger partial charge in [0.15, 0.2) is 0 Å². The second-order valence-electron chi connectivity index (χ2n) is 12.0. The molecule has 0 rings (SSSR count). The number of rotatable bonds is 29. The van der Waals surface area contributed by atoms with Gasteiger partial charge in [-0.3, -0.25) is 9.69 Å². The van der Waals surface area contributed by atoms with Crippen molar-refractivity contribution < 1.29 is 14.6 Å². The Morgan fingerprint density at radius 3 is 1.43 bits per heavy atom. The number of hydrogen-bond donors (Lipinski definition) is 1. The third kappa shape index (κ3) is 28.2. The minimum absolute atomic E-state index is 0.177. The molecule has 0 radical (unpaired) electrons. The predicted molar refractivity (Wildman–Crippen MR) is 161 cm³/mol. The van der Waals surface area contributed by atoms with E-state index in [4.69, 9.17) is 4.74 Å². The van der Waals surface area contributed by atoms with Crippen LogP contribution in [0.25, 0.3) is 0 Å². The molecule has 0 aliphatic heterocycles. The van der Waals surface area contributed by atoms with Gasteiger partial charge in [0, 0.05) is 0 Å². The Kier molecular flexibility index (Phi) is 27.9. The minimum Gasteiger partial charge on any atom is -0.465 e. The molecule has 0 aromatic carbocycles. The summed E-state index contributed by atoms with van der Waals surface area (Å²) in [7, 11) is 1.81. The Balaban J connectivity index is 3.40. The fraction of sp³-hybridized carbons (Fsp3) is 0.970. The van der Waals surface area contributed by atoms with Crippen LogP contribution in [0, 0.1) is 5.92 Å². The second kappa shape index (κ2) is 28.4. The molecule has 1 N–H and O–H groups in total. The number of carbonyl (C=O) groups excluding carboxylic acids is 1. The molecular formula is C33H67NO3. The molecule has 0 saturated heterocycles. The van der Waals surface area contributed by atoms with Crippen LogP contribution in [0.1, 0.15) is 175 Å². The number of aliphatic hydroxyl groups excluding tert-OH is 1. The molecule has 222 valence electrons. The molecule has 1 atom stereocenters. The summed E-state index contributed by atoms with van der Waals surface area (Å²) in [5, 5.41) is 10.3. The molecular weight excluding hydrogens is 458 g/mol. The first-order chi connectivity index (χ1) is 18.0. The van der Waals surface area contributed by atoms with Gasteiger partial charge >= 0.3 is 5.97 Å². The van der Waals surface area contributed by atoms with E-state index in [0.29, 0.717) is 6.61 Å². The third-order valence-corrected chi connectivity index (χ3v) is 7.64. The van der Waals surface area contributed by atoms with Crippen LogP contribution in [0.3, 0.4) is 0 Å². The Morgan fingerprint density at radius 2 is 1.00 bits per heavy atom. The molecule has 0 aromatic heterocycles. The number of aliphatic hydroxyl groups is 1. The molecule has 0 amide bonds. The van der Waals surface area contributed by atoms with Gasteiger partial charge in [-0.1, -0.05) is 156 Å². The maximum absolute atomic E-state index is 12.1. The van der Waals surface area contributed by atoms with E-state index in [2.05, 4.69) is 20.8 Å². The highest BCUT2D eigenvalue weighted by Gasteiger charge is 2.15. The molecule has 0 aromatic rings. The summed E-state index contributed by atoms with van der Waals surface area (Å²) >= 11 is 0. The summed E-state index contributed by atoms with van der Waals surface area (Å²) in [5.41, 5.74) is 0. The summed E-state index contributed by atoms with van der Waals surface area (Å²) in [5.74, 6) is 0.648. The van der Waals surface area contributed by atoms with Crippen molar-refractivity contribution in [2.24, 2.45) is 5.92 Å². The first-order valence-corrected chi connectivity index (χ1v) is 16.5. The standard InChI is InChI=1S/C33H67NO3/c1-5-6-7-8-9-15-19-22-25-28-32(35)34(4)30-33(36)37-29-26-23-20-17-14-12-10-11-13-16-18-21-24-27-31(2)3/h31-32,35H,5-30H2,1-4H3. The van der Waals surface area contributed by atoms with Crippen molar-refractivity contribution in [3.8, 4) is 0 Å². The lowest BCUT2D eigenvalue weighted by Gasteiger charge is -2.22. The Morgan fingerprint density at radius 1 is 0.622 bits per heavy atom. The molecule has 0 heterocycles. The summed E-state index contributed by atoms with van der Waals surface area (Å²) in [6.45, 7) is 7.59. The van der Waals surface area contributed by atoms with Gasteiger partial charge in [0.2, 0.25) is 0 Å². The normalized spacial score (nSPS) is 12.5. The van der Waals surface area contributed by atoms with Gasteiger partial charge in [-0.2, -0.15) is 0 Å². The lowest BCUT2D eigenvalue weighted by Crippen LogP contribution is -2.36. The quantitative estimate of drug-likeness (QED) is 0.0599. The predicted octanol–water partition coefficient (Wildman–Crippen LogP) is 9.82. The summed E-state index contributed by atoms with van der Waals surface area (Å²) in [6.07, 6.45) is 30.3. The van der Waals surface area contributed by atoms with Gasteiger partial charge < -0.3 is 9.84 Å². The van der Waals surface area contributed by atoms with Gasteiger partial charge in [0.25, 0.3) is 0 Å². The zero-order chi connectivity index (χ0) is 27.4. The zero-order valence-electron chi connectivity index (χ0n) is 25.8.